The van der Waals surface area contributed by atoms with Crippen molar-refractivity contribution in [3.8, 4) is 0 Å². The normalized spacial score (nSPS) is 11.9. The highest BCUT2D eigenvalue weighted by atomic mass is 19.4. The number of halogens is 6. The summed E-state index contributed by atoms with van der Waals surface area (Å²) in [5.41, 5.74) is 0. The van der Waals surface area contributed by atoms with Gasteiger partial charge in [0.25, 0.3) is 11.9 Å². The summed E-state index contributed by atoms with van der Waals surface area (Å²) in [4.78, 5) is 20.9. The SMILES string of the molecule is O=C(Nc1nnc(NC(=O)C(F)(F)F)nn1)C(F)(F)F. The number of amides is 2. The van der Waals surface area contributed by atoms with Crippen LogP contribution in [0.4, 0.5) is 38.2 Å². The molecule has 0 saturated heterocycles. The lowest BCUT2D eigenvalue weighted by Gasteiger charge is -2.06. The summed E-state index contributed by atoms with van der Waals surface area (Å²) >= 11 is 0. The van der Waals surface area contributed by atoms with E-state index in [4.69, 9.17) is 0 Å². The van der Waals surface area contributed by atoms with Crippen LogP contribution in [0.5, 0.6) is 0 Å². The molecule has 0 aliphatic heterocycles. The van der Waals surface area contributed by atoms with E-state index >= 15 is 0 Å². The first-order valence-electron chi connectivity index (χ1n) is 4.34. The summed E-state index contributed by atoms with van der Waals surface area (Å²) < 4.78 is 71.0. The molecular formula is C6H2F6N6O2. The molecule has 0 bridgehead atoms. The molecule has 2 amide bonds. The number of alkyl halides is 6. The van der Waals surface area contributed by atoms with Gasteiger partial charge in [-0.1, -0.05) is 0 Å². The standard InChI is InChI=1S/C6H2F6N6O2/c7-5(8,9)1(19)13-3-15-17-4(18-16-3)14-2(20)6(10,11)12/h(H,13,15,16,19)(H,14,17,18,20). The predicted octanol–water partition coefficient (Wildman–Crippen LogP) is 0.268. The second-order valence-corrected chi connectivity index (χ2v) is 2.95. The van der Waals surface area contributed by atoms with Gasteiger partial charge in [-0.3, -0.25) is 20.2 Å². The summed E-state index contributed by atoms with van der Waals surface area (Å²) in [5.74, 6) is -6.85. The average Bonchev–Trinajstić information content (AvgIpc) is 2.29. The molecule has 0 unspecified atom stereocenters. The summed E-state index contributed by atoms with van der Waals surface area (Å²) in [6.45, 7) is 0. The zero-order valence-electron chi connectivity index (χ0n) is 8.87. The molecule has 0 aliphatic carbocycles. The molecule has 1 aromatic rings. The largest absolute Gasteiger partial charge is 0.471 e. The number of aromatic nitrogens is 4. The van der Waals surface area contributed by atoms with Gasteiger partial charge in [0.05, 0.1) is 0 Å². The van der Waals surface area contributed by atoms with Gasteiger partial charge < -0.3 is 0 Å². The molecule has 0 aromatic carbocycles. The fourth-order valence-corrected chi connectivity index (χ4v) is 0.674. The van der Waals surface area contributed by atoms with Crippen molar-refractivity contribution in [3.63, 3.8) is 0 Å². The molecule has 8 nitrogen and oxygen atoms in total. The number of hydrogen-bond acceptors (Lipinski definition) is 6. The topological polar surface area (TPSA) is 110 Å². The zero-order chi connectivity index (χ0) is 15.6. The fourth-order valence-electron chi connectivity index (χ4n) is 0.674. The molecule has 0 fully saturated rings. The summed E-state index contributed by atoms with van der Waals surface area (Å²) in [5, 5.41) is 13.6. The fraction of sp³-hybridized carbons (Fsp3) is 0.333. The Morgan fingerprint density at radius 3 is 1.15 bits per heavy atom. The minimum Gasteiger partial charge on any atom is -0.284 e. The third kappa shape index (κ3) is 4.29. The number of nitrogens with zero attached hydrogens (tertiary/aromatic N) is 4. The summed E-state index contributed by atoms with van der Waals surface area (Å²) in [6, 6.07) is 0. The van der Waals surface area contributed by atoms with Gasteiger partial charge in [0.15, 0.2) is 0 Å². The molecule has 1 heterocycles. The Bertz CT molecular complexity index is 463. The van der Waals surface area contributed by atoms with E-state index in [-0.39, 0.29) is 0 Å². The maximum Gasteiger partial charge on any atom is 0.471 e. The van der Waals surface area contributed by atoms with Crippen LogP contribution in [-0.2, 0) is 9.59 Å². The van der Waals surface area contributed by atoms with E-state index < -0.39 is 36.1 Å². The molecule has 1 aromatic heterocycles. The third-order valence-corrected chi connectivity index (χ3v) is 1.44. The molecule has 0 spiro atoms. The molecule has 14 heteroatoms. The van der Waals surface area contributed by atoms with E-state index in [9.17, 15) is 35.9 Å². The summed E-state index contributed by atoms with van der Waals surface area (Å²) in [6.07, 6.45) is -10.4. The molecule has 0 saturated carbocycles. The van der Waals surface area contributed by atoms with E-state index in [0.717, 1.165) is 10.6 Å². The Morgan fingerprint density at radius 1 is 0.700 bits per heavy atom. The maximum absolute atomic E-state index is 11.8. The van der Waals surface area contributed by atoms with Gasteiger partial charge in [-0.25, -0.2) is 0 Å². The highest BCUT2D eigenvalue weighted by Gasteiger charge is 2.40. The van der Waals surface area contributed by atoms with Crippen LogP contribution >= 0.6 is 0 Å². The molecule has 110 valence electrons. The Balaban J connectivity index is 2.71. The highest BCUT2D eigenvalue weighted by Crippen LogP contribution is 2.17. The van der Waals surface area contributed by atoms with Gasteiger partial charge in [0, 0.05) is 0 Å². The first-order valence-corrected chi connectivity index (χ1v) is 4.34. The van der Waals surface area contributed by atoms with Crippen molar-refractivity contribution in [1.82, 2.24) is 20.4 Å². The Morgan fingerprint density at radius 2 is 0.950 bits per heavy atom. The van der Waals surface area contributed by atoms with Gasteiger partial charge in [-0.2, -0.15) is 26.3 Å². The second kappa shape index (κ2) is 5.22. The monoisotopic (exact) mass is 304 g/mol. The lowest BCUT2D eigenvalue weighted by molar-refractivity contribution is -0.167. The minimum atomic E-state index is -5.22. The Hall–Kier alpha value is -2.54. The molecular weight excluding hydrogens is 302 g/mol. The smallest absolute Gasteiger partial charge is 0.284 e. The second-order valence-electron chi connectivity index (χ2n) is 2.95. The van der Waals surface area contributed by atoms with Crippen LogP contribution < -0.4 is 10.6 Å². The van der Waals surface area contributed by atoms with E-state index in [1.165, 1.54) is 0 Å². The van der Waals surface area contributed by atoms with Crippen molar-refractivity contribution in [2.24, 2.45) is 0 Å². The average molecular weight is 304 g/mol. The number of carbonyl (C=O) groups is 2. The minimum absolute atomic E-state index is 1.00. The van der Waals surface area contributed by atoms with E-state index in [0.29, 0.717) is 0 Å². The van der Waals surface area contributed by atoms with Crippen LogP contribution in [0.1, 0.15) is 0 Å². The van der Waals surface area contributed by atoms with E-state index in [1.54, 1.807) is 0 Å². The van der Waals surface area contributed by atoms with E-state index in [1.807, 2.05) is 0 Å². The van der Waals surface area contributed by atoms with Crippen LogP contribution in [0.25, 0.3) is 0 Å². The van der Waals surface area contributed by atoms with Crippen LogP contribution in [0.3, 0.4) is 0 Å². The number of rotatable bonds is 2. The molecule has 0 radical (unpaired) electrons. The van der Waals surface area contributed by atoms with Crippen LogP contribution in [0, 0.1) is 0 Å². The molecule has 2 N–H and O–H groups in total. The quantitative estimate of drug-likeness (QED) is 0.759. The van der Waals surface area contributed by atoms with Crippen molar-refractivity contribution in [2.75, 3.05) is 10.6 Å². The lowest BCUT2D eigenvalue weighted by atomic mass is 10.6. The van der Waals surface area contributed by atoms with Gasteiger partial charge in [-0.15, -0.1) is 20.4 Å². The van der Waals surface area contributed by atoms with Crippen molar-refractivity contribution in [3.05, 3.63) is 0 Å². The van der Waals surface area contributed by atoms with Crippen molar-refractivity contribution in [1.29, 1.82) is 0 Å². The zero-order valence-corrected chi connectivity index (χ0v) is 8.87. The predicted molar refractivity (Wildman–Crippen MR) is 47.0 cm³/mol. The van der Waals surface area contributed by atoms with Crippen molar-refractivity contribution >= 4 is 23.7 Å². The first kappa shape index (κ1) is 15.5. The van der Waals surface area contributed by atoms with Gasteiger partial charge in [0.2, 0.25) is 0 Å². The van der Waals surface area contributed by atoms with Gasteiger partial charge in [0.1, 0.15) is 0 Å². The molecule has 0 aliphatic rings. The number of hydrogen-bond donors (Lipinski definition) is 2. The number of anilines is 2. The summed E-state index contributed by atoms with van der Waals surface area (Å²) in [7, 11) is 0. The van der Waals surface area contributed by atoms with Crippen LogP contribution in [-0.4, -0.2) is 44.6 Å². The molecule has 0 atom stereocenters. The molecule has 20 heavy (non-hydrogen) atoms. The van der Waals surface area contributed by atoms with Crippen LogP contribution in [0.2, 0.25) is 0 Å². The van der Waals surface area contributed by atoms with Crippen molar-refractivity contribution in [2.45, 2.75) is 12.4 Å². The first-order chi connectivity index (χ1) is 9.00. The Labute approximate surface area is 104 Å². The maximum atomic E-state index is 11.8. The van der Waals surface area contributed by atoms with Crippen LogP contribution in [0.15, 0.2) is 0 Å². The van der Waals surface area contributed by atoms with Gasteiger partial charge in [-0.05, 0) is 0 Å². The van der Waals surface area contributed by atoms with Gasteiger partial charge >= 0.3 is 24.2 Å². The highest BCUT2D eigenvalue weighted by molar-refractivity contribution is 5.94. The lowest BCUT2D eigenvalue weighted by Crippen LogP contribution is -2.32. The molecule has 1 rings (SSSR count). The third-order valence-electron chi connectivity index (χ3n) is 1.44. The number of carbonyl (C=O) groups excluding carboxylic acids is 2. The Kier molecular flexibility index (Phi) is 4.05. The number of nitrogens with one attached hydrogen (secondary N) is 2. The van der Waals surface area contributed by atoms with E-state index in [2.05, 4.69) is 20.4 Å². The van der Waals surface area contributed by atoms with Crippen molar-refractivity contribution < 1.29 is 35.9 Å².